The number of hydrogen-bond acceptors (Lipinski definition) is 1. The van der Waals surface area contributed by atoms with E-state index in [1.807, 2.05) is 0 Å². The second-order valence-corrected chi connectivity index (χ2v) is 9.00. The van der Waals surface area contributed by atoms with Gasteiger partial charge in [-0.2, -0.15) is 0 Å². The quantitative estimate of drug-likeness (QED) is 0.270. The van der Waals surface area contributed by atoms with Gasteiger partial charge in [-0.05, 0) is 86.0 Å². The van der Waals surface area contributed by atoms with E-state index in [-0.39, 0.29) is 0 Å². The van der Waals surface area contributed by atoms with Crippen molar-refractivity contribution in [1.29, 1.82) is 0 Å². The maximum atomic E-state index is 5.63. The highest BCUT2D eigenvalue weighted by molar-refractivity contribution is 5.63. The molecule has 2 aromatic rings. The lowest BCUT2D eigenvalue weighted by Crippen LogP contribution is -2.13. The van der Waals surface area contributed by atoms with Crippen LogP contribution in [0.25, 0.3) is 11.1 Å². The van der Waals surface area contributed by atoms with Crippen LogP contribution < -0.4 is 0 Å². The molecule has 3 rings (SSSR count). The number of aryl methyl sites for hydroxylation is 1. The van der Waals surface area contributed by atoms with Gasteiger partial charge in [0.15, 0.2) is 0 Å². The topological polar surface area (TPSA) is 9.23 Å². The summed E-state index contributed by atoms with van der Waals surface area (Å²) in [7, 11) is 0. The molecule has 0 spiro atoms. The molecule has 2 aromatic carbocycles. The Hall–Kier alpha value is -1.86. The number of benzene rings is 2. The SMILES string of the molecule is C/C=C\[C@H]1CC[C@H](CCCCc2ccc(-c3ccc(COCCC)cc3)cc2)CC1. The summed E-state index contributed by atoms with van der Waals surface area (Å²) < 4.78 is 5.63. The first kappa shape index (κ1) is 22.8. The van der Waals surface area contributed by atoms with E-state index in [1.54, 1.807) is 0 Å². The van der Waals surface area contributed by atoms with Gasteiger partial charge in [0.25, 0.3) is 0 Å². The molecule has 0 radical (unpaired) electrons. The normalized spacial score (nSPS) is 19.4. The van der Waals surface area contributed by atoms with Crippen molar-refractivity contribution < 1.29 is 4.74 Å². The third kappa shape index (κ3) is 7.43. The van der Waals surface area contributed by atoms with Gasteiger partial charge >= 0.3 is 0 Å². The van der Waals surface area contributed by atoms with Crippen LogP contribution in [0.3, 0.4) is 0 Å². The van der Waals surface area contributed by atoms with Crippen molar-refractivity contribution in [3.63, 3.8) is 0 Å². The van der Waals surface area contributed by atoms with Crippen LogP contribution in [0.5, 0.6) is 0 Å². The molecule has 0 bridgehead atoms. The van der Waals surface area contributed by atoms with Gasteiger partial charge in [0.1, 0.15) is 0 Å². The molecule has 1 aliphatic carbocycles. The molecule has 0 amide bonds. The highest BCUT2D eigenvalue weighted by Gasteiger charge is 2.18. The minimum Gasteiger partial charge on any atom is -0.377 e. The fraction of sp³-hybridized carbons (Fsp3) is 0.517. The molecule has 0 aliphatic heterocycles. The third-order valence-electron chi connectivity index (χ3n) is 6.54. The first-order valence-corrected chi connectivity index (χ1v) is 12.2. The van der Waals surface area contributed by atoms with Gasteiger partial charge in [0, 0.05) is 6.61 Å². The fourth-order valence-electron chi connectivity index (χ4n) is 4.70. The summed E-state index contributed by atoms with van der Waals surface area (Å²) in [5, 5.41) is 0. The van der Waals surface area contributed by atoms with Crippen molar-refractivity contribution in [2.75, 3.05) is 6.61 Å². The zero-order valence-electron chi connectivity index (χ0n) is 19.1. The highest BCUT2D eigenvalue weighted by atomic mass is 16.5. The van der Waals surface area contributed by atoms with Crippen LogP contribution in [0.2, 0.25) is 0 Å². The summed E-state index contributed by atoms with van der Waals surface area (Å²) in [6.07, 6.45) is 16.7. The second-order valence-electron chi connectivity index (χ2n) is 9.00. The monoisotopic (exact) mass is 404 g/mol. The average molecular weight is 405 g/mol. The molecule has 162 valence electrons. The summed E-state index contributed by atoms with van der Waals surface area (Å²) in [6, 6.07) is 18.0. The van der Waals surface area contributed by atoms with Crippen LogP contribution in [0.15, 0.2) is 60.7 Å². The van der Waals surface area contributed by atoms with Crippen LogP contribution in [-0.2, 0) is 17.8 Å². The van der Waals surface area contributed by atoms with Gasteiger partial charge in [0.05, 0.1) is 6.61 Å². The van der Waals surface area contributed by atoms with Crippen molar-refractivity contribution in [1.82, 2.24) is 0 Å². The Morgan fingerprint density at radius 1 is 0.833 bits per heavy atom. The number of rotatable bonds is 11. The van der Waals surface area contributed by atoms with E-state index >= 15 is 0 Å². The van der Waals surface area contributed by atoms with Crippen LogP contribution >= 0.6 is 0 Å². The Labute approximate surface area is 184 Å². The van der Waals surface area contributed by atoms with Gasteiger partial charge in [-0.25, -0.2) is 0 Å². The summed E-state index contributed by atoms with van der Waals surface area (Å²) in [6.45, 7) is 5.84. The summed E-state index contributed by atoms with van der Waals surface area (Å²) >= 11 is 0. The minimum absolute atomic E-state index is 0.713. The molecule has 0 atom stereocenters. The smallest absolute Gasteiger partial charge is 0.0716 e. The predicted molar refractivity (Wildman–Crippen MR) is 130 cm³/mol. The van der Waals surface area contributed by atoms with Crippen molar-refractivity contribution in [2.45, 2.75) is 78.2 Å². The van der Waals surface area contributed by atoms with E-state index in [2.05, 4.69) is 74.5 Å². The Morgan fingerprint density at radius 3 is 2.07 bits per heavy atom. The zero-order valence-corrected chi connectivity index (χ0v) is 19.1. The first-order chi connectivity index (χ1) is 14.8. The highest BCUT2D eigenvalue weighted by Crippen LogP contribution is 2.32. The Bertz CT molecular complexity index is 733. The predicted octanol–water partition coefficient (Wildman–Crippen LogP) is 8.38. The van der Waals surface area contributed by atoms with Gasteiger partial charge in [-0.1, -0.05) is 80.4 Å². The molecule has 0 heterocycles. The van der Waals surface area contributed by atoms with E-state index in [0.717, 1.165) is 24.9 Å². The van der Waals surface area contributed by atoms with Crippen LogP contribution in [-0.4, -0.2) is 6.61 Å². The van der Waals surface area contributed by atoms with E-state index < -0.39 is 0 Å². The maximum absolute atomic E-state index is 5.63. The molecular weight excluding hydrogens is 364 g/mol. The molecule has 0 saturated heterocycles. The Balaban J connectivity index is 1.37. The van der Waals surface area contributed by atoms with E-state index in [1.165, 1.54) is 73.6 Å². The molecule has 0 N–H and O–H groups in total. The van der Waals surface area contributed by atoms with Gasteiger partial charge in [0.2, 0.25) is 0 Å². The molecule has 1 saturated carbocycles. The van der Waals surface area contributed by atoms with E-state index in [0.29, 0.717) is 6.61 Å². The molecule has 30 heavy (non-hydrogen) atoms. The lowest BCUT2D eigenvalue weighted by molar-refractivity contribution is 0.121. The summed E-state index contributed by atoms with van der Waals surface area (Å²) in [4.78, 5) is 0. The van der Waals surface area contributed by atoms with Gasteiger partial charge in [-0.3, -0.25) is 0 Å². The van der Waals surface area contributed by atoms with Crippen molar-refractivity contribution >= 4 is 0 Å². The van der Waals surface area contributed by atoms with Crippen LogP contribution in [0.1, 0.15) is 76.3 Å². The third-order valence-corrected chi connectivity index (χ3v) is 6.54. The first-order valence-electron chi connectivity index (χ1n) is 12.2. The zero-order chi connectivity index (χ0) is 21.0. The number of ether oxygens (including phenoxy) is 1. The molecule has 1 fully saturated rings. The Morgan fingerprint density at radius 2 is 1.47 bits per heavy atom. The summed E-state index contributed by atoms with van der Waals surface area (Å²) in [5.74, 6) is 1.83. The number of unbranched alkanes of at least 4 members (excludes halogenated alkanes) is 1. The lowest BCUT2D eigenvalue weighted by Gasteiger charge is -2.26. The van der Waals surface area contributed by atoms with E-state index in [4.69, 9.17) is 4.74 Å². The van der Waals surface area contributed by atoms with Crippen LogP contribution in [0, 0.1) is 11.8 Å². The molecule has 1 heteroatoms. The van der Waals surface area contributed by atoms with Crippen molar-refractivity contribution in [2.24, 2.45) is 11.8 Å². The fourth-order valence-corrected chi connectivity index (χ4v) is 4.70. The maximum Gasteiger partial charge on any atom is 0.0716 e. The number of allylic oxidation sites excluding steroid dienone is 2. The molecular formula is C29H40O. The van der Waals surface area contributed by atoms with Gasteiger partial charge < -0.3 is 4.74 Å². The Kier molecular flexibility index (Phi) is 9.70. The van der Waals surface area contributed by atoms with Gasteiger partial charge in [-0.15, -0.1) is 0 Å². The average Bonchev–Trinajstić information content (AvgIpc) is 2.79. The van der Waals surface area contributed by atoms with Crippen molar-refractivity contribution in [3.8, 4) is 11.1 Å². The standard InChI is InChI=1S/C29H40O/c1-3-7-24-10-12-25(13-11-24)8-5-6-9-26-14-18-28(19-15-26)29-20-16-27(17-21-29)23-30-22-4-2/h3,7,14-21,24-25H,4-6,8-13,22-23H2,1-2H3/b7-3-/t24-,25-. The lowest BCUT2D eigenvalue weighted by atomic mass is 9.79. The molecule has 0 unspecified atom stereocenters. The molecule has 0 aromatic heterocycles. The van der Waals surface area contributed by atoms with Crippen LogP contribution in [0.4, 0.5) is 0 Å². The largest absolute Gasteiger partial charge is 0.377 e. The van der Waals surface area contributed by atoms with Crippen molar-refractivity contribution in [3.05, 3.63) is 71.8 Å². The molecule has 1 nitrogen and oxygen atoms in total. The van der Waals surface area contributed by atoms with E-state index in [9.17, 15) is 0 Å². The number of hydrogen-bond donors (Lipinski definition) is 0. The molecule has 1 aliphatic rings. The summed E-state index contributed by atoms with van der Waals surface area (Å²) in [5.41, 5.74) is 5.31. The minimum atomic E-state index is 0.713. The second kappa shape index (κ2) is 12.7.